The van der Waals surface area contributed by atoms with Gasteiger partial charge in [-0.2, -0.15) is 0 Å². The van der Waals surface area contributed by atoms with Gasteiger partial charge in [0, 0.05) is 12.8 Å². The van der Waals surface area contributed by atoms with E-state index in [-0.39, 0.29) is 47.8 Å². The first kappa shape index (κ1) is 46.9. The third-order valence-electron chi connectivity index (χ3n) is 21.6. The van der Waals surface area contributed by atoms with E-state index in [9.17, 15) is 9.59 Å². The molecule has 0 heterocycles. The Bertz CT molecular complexity index is 1540. The van der Waals surface area contributed by atoms with Gasteiger partial charge in [-0.1, -0.05) is 131 Å². The van der Waals surface area contributed by atoms with Crippen LogP contribution in [-0.4, -0.2) is 24.1 Å². The van der Waals surface area contributed by atoms with Gasteiger partial charge < -0.3 is 9.47 Å². The van der Waals surface area contributed by atoms with Crippen LogP contribution in [0.5, 0.6) is 0 Å². The van der Waals surface area contributed by atoms with Gasteiger partial charge >= 0.3 is 11.9 Å². The summed E-state index contributed by atoms with van der Waals surface area (Å²) < 4.78 is 12.3. The van der Waals surface area contributed by atoms with Gasteiger partial charge in [0.25, 0.3) is 0 Å². The van der Waals surface area contributed by atoms with Crippen molar-refractivity contribution in [2.24, 2.45) is 92.7 Å². The fraction of sp³-hybridized carbons (Fsp3) is 0.897. The van der Waals surface area contributed by atoms with E-state index in [1.165, 1.54) is 103 Å². The first-order valence-electron chi connectivity index (χ1n) is 27.2. The van der Waals surface area contributed by atoms with Crippen molar-refractivity contribution in [3.05, 3.63) is 23.3 Å². The van der Waals surface area contributed by atoms with E-state index < -0.39 is 0 Å². The third-order valence-corrected chi connectivity index (χ3v) is 21.6. The highest BCUT2D eigenvalue weighted by atomic mass is 16.6. The first-order chi connectivity index (χ1) is 29.5. The van der Waals surface area contributed by atoms with Crippen LogP contribution in [0.25, 0.3) is 0 Å². The maximum absolute atomic E-state index is 13.3. The number of ether oxygens (including phenoxy) is 2. The van der Waals surface area contributed by atoms with Gasteiger partial charge in [-0.3, -0.25) is 9.59 Å². The molecular formula is C58H94O4. The lowest BCUT2D eigenvalue weighted by molar-refractivity contribution is -0.158. The smallest absolute Gasteiger partial charge is 0.306 e. The van der Waals surface area contributed by atoms with Gasteiger partial charge in [-0.05, 0) is 183 Å². The molecule has 8 aliphatic rings. The van der Waals surface area contributed by atoms with Crippen LogP contribution in [0.1, 0.15) is 223 Å². The summed E-state index contributed by atoms with van der Waals surface area (Å²) in [6, 6.07) is 0. The fourth-order valence-corrected chi connectivity index (χ4v) is 18.2. The standard InChI is InChI=1S/C58H94O4/c1-37(2)13-11-15-39(5)47-21-23-49-45-19-17-41-35-43(27-31-55(41,7)51(45)29-33-57(47,49)9)61-53(59)25-26-54(60)62-44-28-32-56(8)42(36-44)18-20-46-50-24-22-48(40(6)16-12-14-38(3)4)58(50,10)34-30-52(46)56/h17-18,37-40,43-52H,11-16,19-36H2,1-10H3/t39-,40+,43-,44-,45-,46+,47+,48-,49-,50+,51+,52+,55+,56-,57-,58+/m0/s1. The second-order valence-corrected chi connectivity index (χ2v) is 25.8. The lowest BCUT2D eigenvalue weighted by Gasteiger charge is -2.58. The molecule has 0 bridgehead atoms. The minimum absolute atomic E-state index is 0.0604. The molecule has 4 heteroatoms. The Morgan fingerprint density at radius 1 is 0.532 bits per heavy atom. The number of carbonyl (C=O) groups excluding carboxylic acids is 2. The molecule has 0 aromatic heterocycles. The molecule has 0 aromatic carbocycles. The van der Waals surface area contributed by atoms with E-state index in [4.69, 9.17) is 9.47 Å². The van der Waals surface area contributed by atoms with Gasteiger partial charge in [-0.15, -0.1) is 0 Å². The van der Waals surface area contributed by atoms with Gasteiger partial charge in [0.05, 0.1) is 12.8 Å². The van der Waals surface area contributed by atoms with Crippen LogP contribution in [-0.2, 0) is 19.1 Å². The molecular weight excluding hydrogens is 761 g/mol. The number of rotatable bonds is 15. The van der Waals surface area contributed by atoms with Crippen molar-refractivity contribution in [3.8, 4) is 0 Å². The molecule has 4 nitrogen and oxygen atoms in total. The second kappa shape index (κ2) is 18.6. The third kappa shape index (κ3) is 8.86. The number of allylic oxidation sites excluding steroid dienone is 2. The quantitative estimate of drug-likeness (QED) is 0.122. The summed E-state index contributed by atoms with van der Waals surface area (Å²) in [5.41, 5.74) is 4.62. The van der Waals surface area contributed by atoms with Crippen LogP contribution in [0.15, 0.2) is 23.3 Å². The van der Waals surface area contributed by atoms with Crippen molar-refractivity contribution in [1.82, 2.24) is 0 Å². The van der Waals surface area contributed by atoms with Crippen molar-refractivity contribution in [2.75, 3.05) is 0 Å². The monoisotopic (exact) mass is 855 g/mol. The lowest BCUT2D eigenvalue weighted by Crippen LogP contribution is -2.51. The van der Waals surface area contributed by atoms with Crippen molar-refractivity contribution in [2.45, 2.75) is 236 Å². The van der Waals surface area contributed by atoms with Crippen molar-refractivity contribution in [3.63, 3.8) is 0 Å². The summed E-state index contributed by atoms with van der Waals surface area (Å²) in [5, 5.41) is 0. The normalized spacial score (nSPS) is 43.2. The van der Waals surface area contributed by atoms with E-state index in [2.05, 4.69) is 81.4 Å². The molecule has 0 amide bonds. The molecule has 0 unspecified atom stereocenters. The Balaban J connectivity index is 0.787. The minimum atomic E-state index is -0.224. The zero-order valence-corrected chi connectivity index (χ0v) is 41.8. The molecule has 16 atom stereocenters. The van der Waals surface area contributed by atoms with Crippen LogP contribution in [0, 0.1) is 92.7 Å². The van der Waals surface area contributed by atoms with E-state index >= 15 is 0 Å². The number of hydrogen-bond donors (Lipinski definition) is 0. The highest BCUT2D eigenvalue weighted by Crippen LogP contribution is 2.69. The van der Waals surface area contributed by atoms with E-state index in [0.717, 1.165) is 110 Å². The fourth-order valence-electron chi connectivity index (χ4n) is 18.2. The Labute approximate surface area is 381 Å². The molecule has 0 spiro atoms. The van der Waals surface area contributed by atoms with Crippen LogP contribution >= 0.6 is 0 Å². The number of hydrogen-bond acceptors (Lipinski definition) is 4. The Morgan fingerprint density at radius 2 is 0.935 bits per heavy atom. The molecule has 0 aliphatic heterocycles. The number of esters is 2. The average molecular weight is 855 g/mol. The summed E-state index contributed by atoms with van der Waals surface area (Å²) in [5.74, 6) is 9.52. The zero-order valence-electron chi connectivity index (χ0n) is 41.8. The van der Waals surface area contributed by atoms with Gasteiger partial charge in [0.15, 0.2) is 0 Å². The summed E-state index contributed by atoms with van der Waals surface area (Å²) in [6.07, 6.45) is 33.2. The van der Waals surface area contributed by atoms with Gasteiger partial charge in [-0.25, -0.2) is 0 Å². The molecule has 0 N–H and O–H groups in total. The molecule has 0 aromatic rings. The Hall–Kier alpha value is -1.58. The van der Waals surface area contributed by atoms with Gasteiger partial charge in [0.2, 0.25) is 0 Å². The molecule has 62 heavy (non-hydrogen) atoms. The van der Waals surface area contributed by atoms with Crippen LogP contribution in [0.2, 0.25) is 0 Å². The summed E-state index contributed by atoms with van der Waals surface area (Å²) in [4.78, 5) is 26.5. The molecule has 350 valence electrons. The van der Waals surface area contributed by atoms with E-state index in [1.807, 2.05) is 0 Å². The maximum atomic E-state index is 13.3. The molecule has 8 aliphatic carbocycles. The minimum Gasteiger partial charge on any atom is -0.462 e. The molecule has 0 radical (unpaired) electrons. The Kier molecular flexibility index (Phi) is 14.1. The summed E-state index contributed by atoms with van der Waals surface area (Å²) in [6.45, 7) is 25.1. The summed E-state index contributed by atoms with van der Waals surface area (Å²) >= 11 is 0. The highest BCUT2D eigenvalue weighted by molar-refractivity contribution is 5.77. The Morgan fingerprint density at radius 3 is 1.32 bits per heavy atom. The van der Waals surface area contributed by atoms with E-state index in [0.29, 0.717) is 10.8 Å². The van der Waals surface area contributed by atoms with Crippen molar-refractivity contribution >= 4 is 11.9 Å². The number of fused-ring (bicyclic) bond motifs is 10. The topological polar surface area (TPSA) is 52.6 Å². The number of carbonyl (C=O) groups is 2. The SMILES string of the molecule is CC(C)CCC[C@@H](C)[C@@H]1CC[C@@H]2[C@H]3CC=C4C[C@@H](OC(=O)CCC(=O)O[C@H]5CC[C@]6(C)C(=CC[C@@H]7[C@H]6CC[C@@]6(C)[C@@H]([C@@H](C)CCCC(C)C)CC[C@@H]76)C5)CC[C@]4(C)[C@@H]3CC[C@@]21C. The summed E-state index contributed by atoms with van der Waals surface area (Å²) in [7, 11) is 0. The van der Waals surface area contributed by atoms with Crippen LogP contribution in [0.4, 0.5) is 0 Å². The van der Waals surface area contributed by atoms with Gasteiger partial charge in [0.1, 0.15) is 12.2 Å². The average Bonchev–Trinajstić information content (AvgIpc) is 3.77. The van der Waals surface area contributed by atoms with E-state index in [1.54, 1.807) is 11.1 Å². The van der Waals surface area contributed by atoms with Crippen LogP contribution < -0.4 is 0 Å². The molecule has 6 fully saturated rings. The molecule has 0 saturated heterocycles. The lowest BCUT2D eigenvalue weighted by atomic mass is 9.47. The zero-order chi connectivity index (χ0) is 44.2. The largest absolute Gasteiger partial charge is 0.462 e. The predicted octanol–water partition coefficient (Wildman–Crippen LogP) is 15.7. The maximum Gasteiger partial charge on any atom is 0.306 e. The van der Waals surface area contributed by atoms with Crippen molar-refractivity contribution < 1.29 is 19.1 Å². The molecule has 6 saturated carbocycles. The van der Waals surface area contributed by atoms with Crippen LogP contribution in [0.3, 0.4) is 0 Å². The highest BCUT2D eigenvalue weighted by Gasteiger charge is 2.61. The molecule has 8 rings (SSSR count). The second-order valence-electron chi connectivity index (χ2n) is 25.8. The first-order valence-corrected chi connectivity index (χ1v) is 27.2. The predicted molar refractivity (Wildman–Crippen MR) is 255 cm³/mol. The van der Waals surface area contributed by atoms with Crippen molar-refractivity contribution in [1.29, 1.82) is 0 Å².